The van der Waals surface area contributed by atoms with Gasteiger partial charge in [-0.2, -0.15) is 0 Å². The summed E-state index contributed by atoms with van der Waals surface area (Å²) in [7, 11) is 0. The van der Waals surface area contributed by atoms with Crippen LogP contribution in [0.3, 0.4) is 0 Å². The zero-order valence-corrected chi connectivity index (χ0v) is 8.91. The van der Waals surface area contributed by atoms with Crippen molar-refractivity contribution < 1.29 is 23.1 Å². The fourth-order valence-corrected chi connectivity index (χ4v) is 1.77. The van der Waals surface area contributed by atoms with Crippen molar-refractivity contribution in [2.75, 3.05) is 13.2 Å². The van der Waals surface area contributed by atoms with Gasteiger partial charge in [-0.15, -0.1) is 0 Å². The molecule has 0 radical (unpaired) electrons. The number of ether oxygens (including phenoxy) is 1. The topological polar surface area (TPSA) is 43.4 Å². The molecule has 0 aliphatic carbocycles. The highest BCUT2D eigenvalue weighted by atomic mass is 19.1. The fourth-order valence-electron chi connectivity index (χ4n) is 1.77. The van der Waals surface area contributed by atoms with Gasteiger partial charge in [0.2, 0.25) is 0 Å². The first kappa shape index (κ1) is 11.9. The number of rotatable bonds is 2. The van der Waals surface area contributed by atoms with Crippen molar-refractivity contribution in [3.05, 3.63) is 35.4 Å². The highest BCUT2D eigenvalue weighted by molar-refractivity contribution is 6.11. The van der Waals surface area contributed by atoms with Gasteiger partial charge in [0, 0.05) is 6.42 Å². The minimum Gasteiger partial charge on any atom is -0.380 e. The van der Waals surface area contributed by atoms with E-state index in [1.54, 1.807) is 0 Å². The normalized spacial score (nSPS) is 20.4. The second-order valence-electron chi connectivity index (χ2n) is 3.80. The molecule has 0 bridgehead atoms. The molecule has 0 amide bonds. The molecule has 5 heteroatoms. The Morgan fingerprint density at radius 1 is 1.29 bits per heavy atom. The summed E-state index contributed by atoms with van der Waals surface area (Å²) in [5, 5.41) is 0. The second kappa shape index (κ2) is 4.71. The van der Waals surface area contributed by atoms with Crippen LogP contribution >= 0.6 is 0 Å². The standard InChI is InChI=1S/C12H10F2O3/c13-8-2-1-3-9(14)11(8)12(16)7-6-17-5-4-10(7)15/h1-3,7H,4-6H2. The average molecular weight is 240 g/mol. The summed E-state index contributed by atoms with van der Waals surface area (Å²) >= 11 is 0. The molecule has 1 unspecified atom stereocenters. The van der Waals surface area contributed by atoms with Gasteiger partial charge in [0.15, 0.2) is 5.78 Å². The van der Waals surface area contributed by atoms with E-state index in [2.05, 4.69) is 0 Å². The minimum absolute atomic E-state index is 0.104. The summed E-state index contributed by atoms with van der Waals surface area (Å²) in [4.78, 5) is 23.4. The molecule has 1 aromatic carbocycles. The Hall–Kier alpha value is -1.62. The Bertz CT molecular complexity index is 451. The maximum absolute atomic E-state index is 13.4. The molecule has 1 fully saturated rings. The lowest BCUT2D eigenvalue weighted by atomic mass is 9.91. The van der Waals surface area contributed by atoms with Crippen LogP contribution < -0.4 is 0 Å². The first-order valence-electron chi connectivity index (χ1n) is 5.20. The number of ketones is 2. The molecule has 1 aromatic rings. The van der Waals surface area contributed by atoms with Crippen LogP contribution in [-0.2, 0) is 9.53 Å². The van der Waals surface area contributed by atoms with Crippen LogP contribution in [-0.4, -0.2) is 24.8 Å². The van der Waals surface area contributed by atoms with Gasteiger partial charge < -0.3 is 4.74 Å². The monoisotopic (exact) mass is 240 g/mol. The van der Waals surface area contributed by atoms with E-state index in [1.807, 2.05) is 0 Å². The molecule has 1 heterocycles. The van der Waals surface area contributed by atoms with Gasteiger partial charge in [-0.3, -0.25) is 9.59 Å². The SMILES string of the molecule is O=C1CCOCC1C(=O)c1c(F)cccc1F. The van der Waals surface area contributed by atoms with Crippen molar-refractivity contribution in [3.63, 3.8) is 0 Å². The third kappa shape index (κ3) is 2.24. The smallest absolute Gasteiger partial charge is 0.181 e. The highest BCUT2D eigenvalue weighted by Crippen LogP contribution is 2.20. The van der Waals surface area contributed by atoms with Crippen LogP contribution in [0.15, 0.2) is 18.2 Å². The van der Waals surface area contributed by atoms with Gasteiger partial charge >= 0.3 is 0 Å². The Balaban J connectivity index is 2.33. The Labute approximate surface area is 96.4 Å². The number of Topliss-reactive ketones (excluding diaryl/α,β-unsaturated/α-hetero) is 2. The van der Waals surface area contributed by atoms with E-state index < -0.39 is 28.9 Å². The Morgan fingerprint density at radius 3 is 2.53 bits per heavy atom. The zero-order valence-electron chi connectivity index (χ0n) is 8.91. The molecule has 17 heavy (non-hydrogen) atoms. The molecule has 3 nitrogen and oxygen atoms in total. The van der Waals surface area contributed by atoms with Gasteiger partial charge in [-0.25, -0.2) is 8.78 Å². The molecule has 0 aromatic heterocycles. The number of hydrogen-bond donors (Lipinski definition) is 0. The molecular weight excluding hydrogens is 230 g/mol. The van der Waals surface area contributed by atoms with Crippen molar-refractivity contribution >= 4 is 11.6 Å². The van der Waals surface area contributed by atoms with Crippen molar-refractivity contribution in [1.82, 2.24) is 0 Å². The Kier molecular flexibility index (Phi) is 3.28. The molecule has 1 aliphatic heterocycles. The van der Waals surface area contributed by atoms with Gasteiger partial charge in [0.1, 0.15) is 23.3 Å². The quantitative estimate of drug-likeness (QED) is 0.584. The van der Waals surface area contributed by atoms with Crippen LogP contribution in [0.5, 0.6) is 0 Å². The van der Waals surface area contributed by atoms with Gasteiger partial charge in [0.25, 0.3) is 0 Å². The molecule has 0 saturated carbocycles. The van der Waals surface area contributed by atoms with E-state index in [-0.39, 0.29) is 25.4 Å². The predicted molar refractivity (Wildman–Crippen MR) is 54.6 cm³/mol. The molecule has 1 atom stereocenters. The van der Waals surface area contributed by atoms with E-state index >= 15 is 0 Å². The summed E-state index contributed by atoms with van der Waals surface area (Å²) in [6.45, 7) is 0.147. The van der Waals surface area contributed by atoms with Crippen LogP contribution in [0.25, 0.3) is 0 Å². The molecule has 0 spiro atoms. The van der Waals surface area contributed by atoms with Crippen LogP contribution in [0.1, 0.15) is 16.8 Å². The van der Waals surface area contributed by atoms with E-state index in [0.717, 1.165) is 12.1 Å². The maximum atomic E-state index is 13.4. The lowest BCUT2D eigenvalue weighted by Crippen LogP contribution is -2.34. The maximum Gasteiger partial charge on any atom is 0.181 e. The van der Waals surface area contributed by atoms with E-state index in [1.165, 1.54) is 6.07 Å². The first-order valence-corrected chi connectivity index (χ1v) is 5.20. The predicted octanol–water partition coefficient (Wildman–Crippen LogP) is 1.75. The molecule has 90 valence electrons. The Morgan fingerprint density at radius 2 is 1.94 bits per heavy atom. The number of halogens is 2. The number of benzene rings is 1. The van der Waals surface area contributed by atoms with E-state index in [4.69, 9.17) is 4.74 Å². The zero-order chi connectivity index (χ0) is 12.4. The lowest BCUT2D eigenvalue weighted by Gasteiger charge is -2.20. The fraction of sp³-hybridized carbons (Fsp3) is 0.333. The highest BCUT2D eigenvalue weighted by Gasteiger charge is 2.33. The molecule has 1 aliphatic rings. The third-order valence-electron chi connectivity index (χ3n) is 2.69. The molecule has 1 saturated heterocycles. The van der Waals surface area contributed by atoms with Crippen molar-refractivity contribution in [2.24, 2.45) is 5.92 Å². The van der Waals surface area contributed by atoms with Crippen molar-refractivity contribution in [3.8, 4) is 0 Å². The molecule has 2 rings (SSSR count). The summed E-state index contributed by atoms with van der Waals surface area (Å²) in [5.74, 6) is -4.16. The van der Waals surface area contributed by atoms with Crippen LogP contribution in [0, 0.1) is 17.6 Å². The number of hydrogen-bond acceptors (Lipinski definition) is 3. The van der Waals surface area contributed by atoms with Crippen molar-refractivity contribution in [2.45, 2.75) is 6.42 Å². The minimum atomic E-state index is -1.09. The number of carbonyl (C=O) groups excluding carboxylic acids is 2. The molecular formula is C12H10F2O3. The summed E-state index contributed by atoms with van der Waals surface area (Å²) in [6.07, 6.45) is 0.104. The van der Waals surface area contributed by atoms with E-state index in [9.17, 15) is 18.4 Å². The summed E-state index contributed by atoms with van der Waals surface area (Å²) < 4.78 is 31.7. The third-order valence-corrected chi connectivity index (χ3v) is 2.69. The average Bonchev–Trinajstić information content (AvgIpc) is 2.29. The largest absolute Gasteiger partial charge is 0.380 e. The van der Waals surface area contributed by atoms with Crippen molar-refractivity contribution in [1.29, 1.82) is 0 Å². The molecule has 0 N–H and O–H groups in total. The first-order chi connectivity index (χ1) is 8.11. The lowest BCUT2D eigenvalue weighted by molar-refractivity contribution is -0.128. The van der Waals surface area contributed by atoms with E-state index in [0.29, 0.717) is 0 Å². The summed E-state index contributed by atoms with van der Waals surface area (Å²) in [6, 6.07) is 3.15. The van der Waals surface area contributed by atoms with Crippen LogP contribution in [0.4, 0.5) is 8.78 Å². The van der Waals surface area contributed by atoms with Crippen LogP contribution in [0.2, 0.25) is 0 Å². The van der Waals surface area contributed by atoms with Gasteiger partial charge in [-0.1, -0.05) is 6.07 Å². The second-order valence-corrected chi connectivity index (χ2v) is 3.80. The van der Waals surface area contributed by atoms with Gasteiger partial charge in [0.05, 0.1) is 18.8 Å². The van der Waals surface area contributed by atoms with Gasteiger partial charge in [-0.05, 0) is 12.1 Å². The number of carbonyl (C=O) groups is 2. The summed E-state index contributed by atoms with van der Waals surface area (Å²) in [5.41, 5.74) is -0.656.